The molecule has 3 atom stereocenters. The summed E-state index contributed by atoms with van der Waals surface area (Å²) in [7, 11) is 1.29. The van der Waals surface area contributed by atoms with E-state index in [0.717, 1.165) is 24.8 Å². The van der Waals surface area contributed by atoms with Gasteiger partial charge in [0, 0.05) is 6.54 Å². The lowest BCUT2D eigenvalue weighted by Crippen LogP contribution is -2.52. The summed E-state index contributed by atoms with van der Waals surface area (Å²) in [6.07, 6.45) is 0.550. The second kappa shape index (κ2) is 7.00. The van der Waals surface area contributed by atoms with E-state index in [2.05, 4.69) is 19.1 Å². The molecule has 0 saturated carbocycles. The van der Waals surface area contributed by atoms with Gasteiger partial charge in [-0.15, -0.1) is 0 Å². The average Bonchev–Trinajstić information content (AvgIpc) is 3.22. The summed E-state index contributed by atoms with van der Waals surface area (Å²) in [5.74, 6) is -1.82. The molecule has 2 aliphatic rings. The van der Waals surface area contributed by atoms with Crippen LogP contribution in [0.15, 0.2) is 30.3 Å². The minimum absolute atomic E-state index is 0.214. The molecule has 2 aliphatic heterocycles. The van der Waals surface area contributed by atoms with Crippen molar-refractivity contribution in [3.8, 4) is 0 Å². The Morgan fingerprint density at radius 2 is 1.85 bits per heavy atom. The van der Waals surface area contributed by atoms with E-state index in [9.17, 15) is 9.59 Å². The highest BCUT2D eigenvalue weighted by Crippen LogP contribution is 2.43. The van der Waals surface area contributed by atoms with Crippen molar-refractivity contribution in [1.82, 2.24) is 4.90 Å². The van der Waals surface area contributed by atoms with Gasteiger partial charge in [-0.2, -0.15) is 0 Å². The van der Waals surface area contributed by atoms with Crippen LogP contribution in [0.25, 0.3) is 0 Å². The summed E-state index contributed by atoms with van der Waals surface area (Å²) < 4.78 is 16.3. The maximum absolute atomic E-state index is 13.4. The molecule has 0 aliphatic carbocycles. The van der Waals surface area contributed by atoms with Crippen molar-refractivity contribution in [2.75, 3.05) is 13.7 Å². The molecule has 1 aromatic rings. The monoisotopic (exact) mass is 361 g/mol. The van der Waals surface area contributed by atoms with Crippen LogP contribution in [0.4, 0.5) is 0 Å². The first-order valence-corrected chi connectivity index (χ1v) is 9.15. The van der Waals surface area contributed by atoms with Crippen molar-refractivity contribution < 1.29 is 23.8 Å². The van der Waals surface area contributed by atoms with E-state index in [0.29, 0.717) is 6.54 Å². The zero-order valence-corrected chi connectivity index (χ0v) is 15.9. The first kappa shape index (κ1) is 18.9. The van der Waals surface area contributed by atoms with Gasteiger partial charge >= 0.3 is 5.97 Å². The van der Waals surface area contributed by atoms with Crippen LogP contribution in [-0.2, 0) is 29.3 Å². The normalized spacial score (nSPS) is 30.4. The van der Waals surface area contributed by atoms with Crippen LogP contribution in [0.5, 0.6) is 0 Å². The molecule has 6 nitrogen and oxygen atoms in total. The minimum atomic E-state index is -1.05. The summed E-state index contributed by atoms with van der Waals surface area (Å²) in [6, 6.07) is 10.1. The number of benzene rings is 1. The zero-order valence-electron chi connectivity index (χ0n) is 15.9. The van der Waals surface area contributed by atoms with E-state index in [1.54, 1.807) is 13.8 Å². The van der Waals surface area contributed by atoms with E-state index in [-0.39, 0.29) is 11.4 Å². The fourth-order valence-electron chi connectivity index (χ4n) is 4.20. The van der Waals surface area contributed by atoms with Gasteiger partial charge in [-0.05, 0) is 38.7 Å². The standard InChI is InChI=1S/C20H27NO5/c1-5-20(14-10-7-6-8-11-14)12-9-13-21(20)17(22)15-16(18(23)24-4)26-19(2,3)25-15/h6-8,10-11,15-16H,5,9,12-13H2,1-4H3/t15-,16-,20?/m1/s1. The molecule has 1 aromatic carbocycles. The predicted molar refractivity (Wildman–Crippen MR) is 95.2 cm³/mol. The number of hydrogen-bond acceptors (Lipinski definition) is 5. The summed E-state index contributed by atoms with van der Waals surface area (Å²) in [4.78, 5) is 27.4. The summed E-state index contributed by atoms with van der Waals surface area (Å²) in [6.45, 7) is 6.12. The van der Waals surface area contributed by atoms with Crippen molar-refractivity contribution in [1.29, 1.82) is 0 Å². The van der Waals surface area contributed by atoms with E-state index in [4.69, 9.17) is 14.2 Å². The fourth-order valence-corrected chi connectivity index (χ4v) is 4.20. The van der Waals surface area contributed by atoms with Crippen LogP contribution >= 0.6 is 0 Å². The molecule has 0 spiro atoms. The van der Waals surface area contributed by atoms with Crippen LogP contribution < -0.4 is 0 Å². The Bertz CT molecular complexity index is 674. The Morgan fingerprint density at radius 3 is 2.46 bits per heavy atom. The highest BCUT2D eigenvalue weighted by atomic mass is 16.8. The van der Waals surface area contributed by atoms with Crippen molar-refractivity contribution >= 4 is 11.9 Å². The average molecular weight is 361 g/mol. The van der Waals surface area contributed by atoms with Crippen LogP contribution in [0.3, 0.4) is 0 Å². The molecule has 0 aromatic heterocycles. The Labute approximate surface area is 154 Å². The molecular weight excluding hydrogens is 334 g/mol. The van der Waals surface area contributed by atoms with Crippen LogP contribution in [0.2, 0.25) is 0 Å². The third kappa shape index (κ3) is 3.12. The van der Waals surface area contributed by atoms with Gasteiger partial charge < -0.3 is 19.1 Å². The Hall–Kier alpha value is -1.92. The van der Waals surface area contributed by atoms with Gasteiger partial charge in [-0.1, -0.05) is 37.3 Å². The summed E-state index contributed by atoms with van der Waals surface area (Å²) in [5, 5.41) is 0. The highest BCUT2D eigenvalue weighted by molar-refractivity contribution is 5.90. The van der Waals surface area contributed by atoms with E-state index >= 15 is 0 Å². The number of ether oxygens (including phenoxy) is 3. The van der Waals surface area contributed by atoms with Gasteiger partial charge in [0.1, 0.15) is 0 Å². The highest BCUT2D eigenvalue weighted by Gasteiger charge is 2.54. The van der Waals surface area contributed by atoms with Crippen LogP contribution in [0, 0.1) is 0 Å². The van der Waals surface area contributed by atoms with Gasteiger partial charge in [-0.25, -0.2) is 4.79 Å². The van der Waals surface area contributed by atoms with Crippen molar-refractivity contribution in [2.24, 2.45) is 0 Å². The number of carbonyl (C=O) groups is 2. The summed E-state index contributed by atoms with van der Waals surface area (Å²) in [5.41, 5.74) is 0.732. The molecular formula is C20H27NO5. The SMILES string of the molecule is CCC1(c2ccccc2)CCCN1C(=O)[C@@H]1OC(C)(C)O[C@H]1C(=O)OC. The van der Waals surface area contributed by atoms with Crippen molar-refractivity contribution in [3.05, 3.63) is 35.9 Å². The molecule has 6 heteroatoms. The Kier molecular flexibility index (Phi) is 5.08. The molecule has 1 unspecified atom stereocenters. The van der Waals surface area contributed by atoms with Gasteiger partial charge in [0.25, 0.3) is 5.91 Å². The lowest BCUT2D eigenvalue weighted by molar-refractivity contribution is -0.170. The molecule has 0 N–H and O–H groups in total. The number of methoxy groups -OCH3 is 1. The lowest BCUT2D eigenvalue weighted by Gasteiger charge is -2.40. The minimum Gasteiger partial charge on any atom is -0.467 e. The van der Waals surface area contributed by atoms with Gasteiger partial charge in [0.15, 0.2) is 18.0 Å². The van der Waals surface area contributed by atoms with E-state index in [1.807, 2.05) is 23.1 Å². The third-order valence-corrected chi connectivity index (χ3v) is 5.42. The van der Waals surface area contributed by atoms with Crippen molar-refractivity contribution in [2.45, 2.75) is 63.6 Å². The maximum atomic E-state index is 13.4. The number of amides is 1. The van der Waals surface area contributed by atoms with Crippen molar-refractivity contribution in [3.63, 3.8) is 0 Å². The molecule has 26 heavy (non-hydrogen) atoms. The number of likely N-dealkylation sites (tertiary alicyclic amines) is 1. The smallest absolute Gasteiger partial charge is 0.338 e. The Morgan fingerprint density at radius 1 is 1.19 bits per heavy atom. The fraction of sp³-hybridized carbons (Fsp3) is 0.600. The molecule has 2 heterocycles. The predicted octanol–water partition coefficient (Wildman–Crippen LogP) is 2.61. The molecule has 3 rings (SSSR count). The van der Waals surface area contributed by atoms with Gasteiger partial charge in [-0.3, -0.25) is 4.79 Å². The van der Waals surface area contributed by atoms with Crippen LogP contribution in [-0.4, -0.2) is 48.4 Å². The number of rotatable bonds is 4. The quantitative estimate of drug-likeness (QED) is 0.772. The lowest BCUT2D eigenvalue weighted by atomic mass is 9.84. The third-order valence-electron chi connectivity index (χ3n) is 5.42. The second-order valence-corrected chi connectivity index (χ2v) is 7.34. The van der Waals surface area contributed by atoms with Gasteiger partial charge in [0.05, 0.1) is 12.6 Å². The first-order valence-electron chi connectivity index (χ1n) is 9.15. The van der Waals surface area contributed by atoms with Crippen LogP contribution in [0.1, 0.15) is 45.6 Å². The number of esters is 1. The molecule has 0 radical (unpaired) electrons. The zero-order chi connectivity index (χ0) is 18.9. The molecule has 0 bridgehead atoms. The summed E-state index contributed by atoms with van der Waals surface area (Å²) >= 11 is 0. The largest absolute Gasteiger partial charge is 0.467 e. The van der Waals surface area contributed by atoms with E-state index < -0.39 is 24.0 Å². The molecule has 2 saturated heterocycles. The Balaban J connectivity index is 1.93. The number of hydrogen-bond donors (Lipinski definition) is 0. The molecule has 1 amide bonds. The molecule has 2 fully saturated rings. The van der Waals surface area contributed by atoms with E-state index in [1.165, 1.54) is 7.11 Å². The first-order chi connectivity index (χ1) is 12.3. The topological polar surface area (TPSA) is 65.1 Å². The number of nitrogens with zero attached hydrogens (tertiary/aromatic N) is 1. The van der Waals surface area contributed by atoms with Gasteiger partial charge in [0.2, 0.25) is 0 Å². The number of carbonyl (C=O) groups excluding carboxylic acids is 2. The second-order valence-electron chi connectivity index (χ2n) is 7.34. The molecule has 142 valence electrons. The maximum Gasteiger partial charge on any atom is 0.338 e.